The second-order valence-electron chi connectivity index (χ2n) is 7.80. The van der Waals surface area contributed by atoms with Gasteiger partial charge in [0.2, 0.25) is 17.7 Å². The summed E-state index contributed by atoms with van der Waals surface area (Å²) in [6.07, 6.45) is -0.122. The number of ether oxygens (including phenoxy) is 2. The van der Waals surface area contributed by atoms with Crippen molar-refractivity contribution in [3.05, 3.63) is 18.2 Å². The lowest BCUT2D eigenvalue weighted by atomic mass is 9.97. The largest absolute Gasteiger partial charge is 0.497 e. The number of carbonyl (C=O) groups is 3. The molecule has 164 valence electrons. The van der Waals surface area contributed by atoms with Gasteiger partial charge in [-0.25, -0.2) is 8.42 Å². The van der Waals surface area contributed by atoms with Crippen molar-refractivity contribution in [3.63, 3.8) is 0 Å². The van der Waals surface area contributed by atoms with E-state index >= 15 is 0 Å². The van der Waals surface area contributed by atoms with Crippen LogP contribution in [0.15, 0.2) is 18.2 Å². The lowest BCUT2D eigenvalue weighted by Gasteiger charge is -2.37. The summed E-state index contributed by atoms with van der Waals surface area (Å²) in [5, 5.41) is 4.20. The highest BCUT2D eigenvalue weighted by molar-refractivity contribution is 7.93. The van der Waals surface area contributed by atoms with Crippen LogP contribution in [-0.4, -0.2) is 67.5 Å². The number of β-lactam (4-membered cyclic amide) rings is 1. The maximum atomic E-state index is 12.9. The molecule has 0 saturated carbocycles. The van der Waals surface area contributed by atoms with Gasteiger partial charge in [-0.3, -0.25) is 14.4 Å². The van der Waals surface area contributed by atoms with Gasteiger partial charge in [0.1, 0.15) is 29.0 Å². The predicted molar refractivity (Wildman–Crippen MR) is 108 cm³/mol. The van der Waals surface area contributed by atoms with E-state index in [2.05, 4.69) is 10.6 Å². The van der Waals surface area contributed by atoms with Crippen molar-refractivity contribution in [1.29, 1.82) is 0 Å². The third-order valence-electron chi connectivity index (χ3n) is 5.64. The minimum Gasteiger partial charge on any atom is -0.497 e. The van der Waals surface area contributed by atoms with Crippen molar-refractivity contribution in [2.75, 3.05) is 19.5 Å². The molecular weight excluding hydrogens is 414 g/mol. The van der Waals surface area contributed by atoms with Crippen LogP contribution in [0.3, 0.4) is 0 Å². The fraction of sp³-hybridized carbons (Fsp3) is 0.526. The molecule has 0 aliphatic carbocycles. The Morgan fingerprint density at radius 3 is 2.47 bits per heavy atom. The van der Waals surface area contributed by atoms with Crippen molar-refractivity contribution in [1.82, 2.24) is 10.2 Å². The molecule has 3 amide bonds. The van der Waals surface area contributed by atoms with Gasteiger partial charge in [0.15, 0.2) is 9.84 Å². The Morgan fingerprint density at radius 1 is 1.23 bits per heavy atom. The summed E-state index contributed by atoms with van der Waals surface area (Å²) >= 11 is 0. The van der Waals surface area contributed by atoms with E-state index in [9.17, 15) is 22.8 Å². The standard InChI is InChI=1S/C19H25N3O7S/c1-10(17(24)21-12-7-6-11(28-4)8-13(12)29-5)20-18(25)16-19(2,3)30(26,27)15-9-14(23)22(15)16/h6-8,10,15-16H,9H2,1-5H3,(H,20,25)(H,21,24). The molecular formula is C19H25N3O7S. The van der Waals surface area contributed by atoms with Crippen LogP contribution in [-0.2, 0) is 24.2 Å². The van der Waals surface area contributed by atoms with Crippen LogP contribution in [0, 0.1) is 0 Å². The maximum Gasteiger partial charge on any atom is 0.246 e. The average molecular weight is 439 g/mol. The lowest BCUT2D eigenvalue weighted by molar-refractivity contribution is -0.150. The summed E-state index contributed by atoms with van der Waals surface area (Å²) in [4.78, 5) is 38.5. The van der Waals surface area contributed by atoms with Crippen molar-refractivity contribution in [3.8, 4) is 11.5 Å². The lowest BCUT2D eigenvalue weighted by Crippen LogP contribution is -2.61. The second kappa shape index (κ2) is 7.46. The quantitative estimate of drug-likeness (QED) is 0.609. The summed E-state index contributed by atoms with van der Waals surface area (Å²) in [7, 11) is -0.752. The SMILES string of the molecule is COc1ccc(NC(=O)C(C)NC(=O)C2N3C(=O)CC3S(=O)(=O)C2(C)C)c(OC)c1. The van der Waals surface area contributed by atoms with Gasteiger partial charge in [-0.2, -0.15) is 0 Å². The Balaban J connectivity index is 1.73. The van der Waals surface area contributed by atoms with Crippen LogP contribution in [0.2, 0.25) is 0 Å². The minimum absolute atomic E-state index is 0.122. The molecule has 3 atom stereocenters. The van der Waals surface area contributed by atoms with Crippen molar-refractivity contribution >= 4 is 33.2 Å². The molecule has 2 saturated heterocycles. The highest BCUT2D eigenvalue weighted by Crippen LogP contribution is 2.45. The topological polar surface area (TPSA) is 131 Å². The number of nitrogens with zero attached hydrogens (tertiary/aromatic N) is 1. The number of hydrogen-bond acceptors (Lipinski definition) is 7. The fourth-order valence-electron chi connectivity index (χ4n) is 3.75. The highest BCUT2D eigenvalue weighted by Gasteiger charge is 2.67. The summed E-state index contributed by atoms with van der Waals surface area (Å²) in [5.41, 5.74) is 0.381. The third kappa shape index (κ3) is 3.26. The van der Waals surface area contributed by atoms with Crippen molar-refractivity contribution < 1.29 is 32.3 Å². The van der Waals surface area contributed by atoms with Crippen LogP contribution in [0.1, 0.15) is 27.2 Å². The van der Waals surface area contributed by atoms with Gasteiger partial charge in [-0.15, -0.1) is 0 Å². The molecule has 2 fully saturated rings. The zero-order valence-electron chi connectivity index (χ0n) is 17.4. The zero-order valence-corrected chi connectivity index (χ0v) is 18.2. The first-order valence-electron chi connectivity index (χ1n) is 9.33. The molecule has 11 heteroatoms. The molecule has 2 heterocycles. The van der Waals surface area contributed by atoms with Gasteiger partial charge in [-0.05, 0) is 32.9 Å². The van der Waals surface area contributed by atoms with Crippen molar-refractivity contribution in [2.45, 2.75) is 49.4 Å². The average Bonchev–Trinajstić information content (AvgIpc) is 2.81. The molecule has 1 aromatic rings. The van der Waals surface area contributed by atoms with E-state index in [0.717, 1.165) is 4.90 Å². The van der Waals surface area contributed by atoms with Crippen LogP contribution in [0.4, 0.5) is 5.69 Å². The number of rotatable bonds is 6. The molecule has 0 spiro atoms. The van der Waals surface area contributed by atoms with Gasteiger partial charge >= 0.3 is 0 Å². The summed E-state index contributed by atoms with van der Waals surface area (Å²) in [6, 6.07) is 2.65. The van der Waals surface area contributed by atoms with E-state index in [4.69, 9.17) is 9.47 Å². The zero-order chi connectivity index (χ0) is 22.4. The molecule has 30 heavy (non-hydrogen) atoms. The Morgan fingerprint density at radius 2 is 1.90 bits per heavy atom. The first kappa shape index (κ1) is 21.9. The van der Waals surface area contributed by atoms with E-state index in [1.165, 1.54) is 35.0 Å². The highest BCUT2D eigenvalue weighted by atomic mass is 32.2. The first-order chi connectivity index (χ1) is 13.9. The minimum atomic E-state index is -3.70. The summed E-state index contributed by atoms with van der Waals surface area (Å²) in [5.74, 6) is -0.697. The number of carbonyl (C=O) groups excluding carboxylic acids is 3. The van der Waals surface area contributed by atoms with Crippen molar-refractivity contribution in [2.24, 2.45) is 0 Å². The number of fused-ring (bicyclic) bond motifs is 1. The van der Waals surface area contributed by atoms with E-state index in [1.54, 1.807) is 18.2 Å². The number of nitrogens with one attached hydrogen (secondary N) is 2. The van der Waals surface area contributed by atoms with Gasteiger partial charge in [0.05, 0.1) is 31.1 Å². The molecule has 2 aliphatic heterocycles. The summed E-state index contributed by atoms with van der Waals surface area (Å²) < 4.78 is 34.2. The monoisotopic (exact) mass is 439 g/mol. The molecule has 0 bridgehead atoms. The molecule has 2 N–H and O–H groups in total. The number of anilines is 1. The van der Waals surface area contributed by atoms with Gasteiger partial charge in [0.25, 0.3) is 0 Å². The Kier molecular flexibility index (Phi) is 5.44. The number of hydrogen-bond donors (Lipinski definition) is 2. The number of sulfone groups is 1. The Hall–Kier alpha value is -2.82. The second-order valence-corrected chi connectivity index (χ2v) is 10.5. The van der Waals surface area contributed by atoms with Crippen LogP contribution < -0.4 is 20.1 Å². The number of amides is 3. The Labute approximate surface area is 174 Å². The fourth-order valence-corrected chi connectivity index (χ4v) is 5.89. The van der Waals surface area contributed by atoms with Crippen LogP contribution in [0.5, 0.6) is 11.5 Å². The van der Waals surface area contributed by atoms with Gasteiger partial charge < -0.3 is 25.0 Å². The maximum absolute atomic E-state index is 12.9. The number of benzene rings is 1. The van der Waals surface area contributed by atoms with Crippen LogP contribution in [0.25, 0.3) is 0 Å². The molecule has 0 radical (unpaired) electrons. The van der Waals surface area contributed by atoms with Gasteiger partial charge in [0, 0.05) is 6.07 Å². The summed E-state index contributed by atoms with van der Waals surface area (Å²) in [6.45, 7) is 4.31. The molecule has 0 aromatic heterocycles. The van der Waals surface area contributed by atoms with E-state index in [0.29, 0.717) is 17.2 Å². The molecule has 2 aliphatic rings. The van der Waals surface area contributed by atoms with E-state index in [-0.39, 0.29) is 6.42 Å². The first-order valence-corrected chi connectivity index (χ1v) is 10.9. The normalized spacial score (nSPS) is 24.3. The van der Waals surface area contributed by atoms with E-state index in [1.807, 2.05) is 0 Å². The molecule has 10 nitrogen and oxygen atoms in total. The third-order valence-corrected chi connectivity index (χ3v) is 8.44. The smallest absolute Gasteiger partial charge is 0.246 e. The number of methoxy groups -OCH3 is 2. The van der Waals surface area contributed by atoms with Crippen LogP contribution >= 0.6 is 0 Å². The Bertz CT molecular complexity index is 1010. The predicted octanol–water partition coefficient (Wildman–Crippen LogP) is 0.281. The molecule has 1 aromatic carbocycles. The van der Waals surface area contributed by atoms with E-state index < -0.39 is 49.8 Å². The molecule has 3 unspecified atom stereocenters. The van der Waals surface area contributed by atoms with Gasteiger partial charge in [-0.1, -0.05) is 0 Å². The molecule has 3 rings (SSSR count).